The molecule has 0 radical (unpaired) electrons. The van der Waals surface area contributed by atoms with Crippen LogP contribution in [0, 0.1) is 179 Å². The van der Waals surface area contributed by atoms with E-state index in [0.717, 1.165) is 175 Å². The van der Waals surface area contributed by atoms with Crippen LogP contribution in [0.15, 0.2) is 67.6 Å². The van der Waals surface area contributed by atoms with E-state index in [4.69, 9.17) is 19.5 Å². The molecule has 124 heavy (non-hydrogen) atoms. The molecule has 680 valence electrons. The van der Waals surface area contributed by atoms with E-state index in [0.29, 0.717) is 143 Å². The number of ketones is 5. The number of aliphatic hydroxyl groups is 5. The van der Waals surface area contributed by atoms with Gasteiger partial charge in [0.1, 0.15) is 30.8 Å². The molecule has 32 atom stereocenters. The van der Waals surface area contributed by atoms with Crippen LogP contribution in [0.2, 0.25) is 0 Å². The number of aromatic nitrogens is 5. The number of fused-ring (bicyclic) bond motifs is 21. The summed E-state index contributed by atoms with van der Waals surface area (Å²) in [4.78, 5) is 69.7. The molecule has 16 fully saturated rings. The van der Waals surface area contributed by atoms with Crippen molar-refractivity contribution >= 4 is 39.8 Å². The van der Waals surface area contributed by atoms with Crippen LogP contribution in [-0.2, 0) is 46.5 Å². The molecule has 0 aliphatic heterocycles. The predicted octanol–water partition coefficient (Wildman–Crippen LogP) is 17.0. The summed E-state index contributed by atoms with van der Waals surface area (Å²) in [6, 6.07) is 11.2. The number of carbonyl (C=O) groups excluding carboxylic acids is 5. The summed E-state index contributed by atoms with van der Waals surface area (Å²) in [6.07, 6.45) is 47.2. The van der Waals surface area contributed by atoms with E-state index >= 15 is 0 Å². The van der Waals surface area contributed by atoms with Gasteiger partial charge in [0.25, 0.3) is 0 Å². The Balaban J connectivity index is 0.000000118. The number of carbonyl (C=O) groups is 5. The molecule has 0 saturated heterocycles. The first-order chi connectivity index (χ1) is 59.0. The van der Waals surface area contributed by atoms with Gasteiger partial charge >= 0.3 is 0 Å². The van der Waals surface area contributed by atoms with Gasteiger partial charge in [-0.25, -0.2) is 4.98 Å². The van der Waals surface area contributed by atoms with Gasteiger partial charge in [-0.2, -0.15) is 15.1 Å². The zero-order chi connectivity index (χ0) is 87.6. The van der Waals surface area contributed by atoms with Crippen LogP contribution in [0.4, 0.5) is 0 Å². The Kier molecular flexibility index (Phi) is 25.1. The summed E-state index contributed by atoms with van der Waals surface area (Å²) >= 11 is 0. The molecule has 4 unspecified atom stereocenters. The number of pyridine rings is 1. The van der Waals surface area contributed by atoms with Crippen molar-refractivity contribution in [1.29, 1.82) is 5.26 Å². The predicted molar refractivity (Wildman–Crippen MR) is 472 cm³/mol. The van der Waals surface area contributed by atoms with Gasteiger partial charge in [-0.05, 0) is 383 Å². The molecule has 16 saturated carbocycles. The maximum Gasteiger partial charge on any atom is 0.227 e. The lowest BCUT2D eigenvalue weighted by Gasteiger charge is -2.62. The Bertz CT molecular complexity index is 4590. The molecule has 16 aliphatic rings. The number of rotatable bonds is 16. The standard InChI is InChI=1S/C32H43NO5.C26H40N2O3.C25H35N3O2.C21H32O4/c1-30-14-15-32(35,20-37-3)18-22(30)7-9-24-25-10-11-27(31(25,2)13-12-26(24)30)29(34)19-38-23-8-6-21-5-4-16-33(36)28(21)17-23;1-24-10-11-26(30,16-31-3)14-18(24)4-5-19-20-6-7-22(25(20,2)9-8-21(19)24)23(29)15-28-13-12-27-17-28;1-24(30)9-7-18-17(11-24)3-4-20-19(18)8-10-25(2)21(20)5-6-22(25)23(29)15-28-14-16(12-26)13-27-28;1-20(25)8-7-13-12(9-20)3-4-14-15-5-6-16(18(24)11-22)21(15,2)10-17(23)19(13)14/h4-6,8,16-17,22,24-27,35H,7,9-15,18-20H2,1-3H3;12-13,17-22,30H,4-11,14-16H2,1-3H3;13-14,17-22,30H,3-11,15H2,1-2H3;12-16,19,22,25H,3-11H2,1-2H3/t22-,24-,25-,26-,27+,30-,31-,32+;18-,19-,20-,21-,22+,24-,25-,26+;17-,18+,19?,20?,21?,22?,24-,25+;12-,13-,14-,15-,16+,19+,20+,21-/m0010/s1. The van der Waals surface area contributed by atoms with E-state index in [1.54, 1.807) is 49.8 Å². The maximum atomic E-state index is 13.6. The molecule has 4 aromatic rings. The first kappa shape index (κ1) is 90.2. The quantitative estimate of drug-likeness (QED) is 0.0514. The Hall–Kier alpha value is -5.79. The van der Waals surface area contributed by atoms with Crippen molar-refractivity contribution in [3.8, 4) is 11.8 Å². The van der Waals surface area contributed by atoms with Crippen molar-refractivity contribution in [2.24, 2.45) is 163 Å². The van der Waals surface area contributed by atoms with Crippen molar-refractivity contribution < 1.29 is 68.4 Å². The number of hydrogen-bond donors (Lipinski definition) is 5. The topological polar surface area (TPSA) is 301 Å². The molecular weight excluding hydrogens is 1560 g/mol. The average molecular weight is 1710 g/mol. The second-order valence-electron chi connectivity index (χ2n) is 46.7. The number of hydrogen-bond acceptors (Lipinski definition) is 17. The third-order valence-corrected chi connectivity index (χ3v) is 40.5. The molecular formula is C104H150N6O14. The zero-order valence-corrected chi connectivity index (χ0v) is 76.6. The molecule has 0 bridgehead atoms. The normalized spacial score (nSPS) is 45.5. The summed E-state index contributed by atoms with van der Waals surface area (Å²) in [5.41, 5.74) is -0.559. The molecule has 20 nitrogen and oxygen atoms in total. The summed E-state index contributed by atoms with van der Waals surface area (Å²) in [6.45, 7) is 19.7. The van der Waals surface area contributed by atoms with Gasteiger partial charge in [0, 0.05) is 80.3 Å². The molecule has 1 aromatic carbocycles. The largest absolute Gasteiger partial charge is 0.618 e. The van der Waals surface area contributed by atoms with Gasteiger partial charge in [-0.1, -0.05) is 41.5 Å². The number of Topliss-reactive ketones (excluding diaryl/α,β-unsaturated/α-hetero) is 5. The van der Waals surface area contributed by atoms with Gasteiger partial charge < -0.3 is 49.5 Å². The summed E-state index contributed by atoms with van der Waals surface area (Å²) in [5.74, 6) is 12.9. The third-order valence-electron chi connectivity index (χ3n) is 40.5. The van der Waals surface area contributed by atoms with Crippen molar-refractivity contribution in [3.63, 3.8) is 0 Å². The lowest BCUT2D eigenvalue weighted by atomic mass is 9.44. The Labute approximate surface area is 738 Å². The highest BCUT2D eigenvalue weighted by atomic mass is 16.5. The van der Waals surface area contributed by atoms with Crippen LogP contribution in [0.5, 0.6) is 5.75 Å². The van der Waals surface area contributed by atoms with E-state index in [2.05, 4.69) is 57.7 Å². The van der Waals surface area contributed by atoms with Crippen LogP contribution < -0.4 is 9.47 Å². The summed E-state index contributed by atoms with van der Waals surface area (Å²) in [5, 5.41) is 78.7. The first-order valence-electron chi connectivity index (χ1n) is 49.3. The third kappa shape index (κ3) is 16.3. The molecule has 0 spiro atoms. The number of methoxy groups -OCH3 is 2. The monoisotopic (exact) mass is 1710 g/mol. The van der Waals surface area contributed by atoms with Crippen molar-refractivity contribution in [3.05, 3.63) is 78.4 Å². The minimum atomic E-state index is -0.668. The van der Waals surface area contributed by atoms with Gasteiger partial charge in [0.15, 0.2) is 29.3 Å². The van der Waals surface area contributed by atoms with E-state index in [1.165, 1.54) is 95.9 Å². The lowest BCUT2D eigenvalue weighted by molar-refractivity contribution is -0.577. The maximum absolute atomic E-state index is 13.6. The minimum Gasteiger partial charge on any atom is -0.618 e. The van der Waals surface area contributed by atoms with E-state index < -0.39 is 29.0 Å². The van der Waals surface area contributed by atoms with E-state index in [9.17, 15) is 54.7 Å². The van der Waals surface area contributed by atoms with Gasteiger partial charge in [-0.15, -0.1) is 0 Å². The fourth-order valence-electron chi connectivity index (χ4n) is 34.6. The zero-order valence-electron chi connectivity index (χ0n) is 76.6. The highest BCUT2D eigenvalue weighted by Gasteiger charge is 2.67. The summed E-state index contributed by atoms with van der Waals surface area (Å²) < 4.78 is 21.1. The van der Waals surface area contributed by atoms with Gasteiger partial charge in [-0.3, -0.25) is 28.7 Å². The second-order valence-corrected chi connectivity index (χ2v) is 46.7. The van der Waals surface area contributed by atoms with Crippen LogP contribution in [0.25, 0.3) is 10.9 Å². The highest BCUT2D eigenvalue weighted by molar-refractivity contribution is 5.88. The Morgan fingerprint density at radius 3 is 1.57 bits per heavy atom. The van der Waals surface area contributed by atoms with Crippen LogP contribution in [0.3, 0.4) is 0 Å². The molecule has 3 heterocycles. The molecule has 16 aliphatic carbocycles. The van der Waals surface area contributed by atoms with Crippen LogP contribution >= 0.6 is 0 Å². The van der Waals surface area contributed by atoms with E-state index in [-0.39, 0.29) is 74.8 Å². The second kappa shape index (κ2) is 34.5. The Morgan fingerprint density at radius 1 is 0.524 bits per heavy atom. The van der Waals surface area contributed by atoms with Gasteiger partial charge in [0.05, 0.1) is 72.9 Å². The molecule has 3 aromatic heterocycles. The lowest BCUT2D eigenvalue weighted by Crippen LogP contribution is -2.57. The number of aliphatic hydroxyl groups excluding tert-OH is 1. The molecule has 5 N–H and O–H groups in total. The summed E-state index contributed by atoms with van der Waals surface area (Å²) in [7, 11) is 3.39. The Morgan fingerprint density at radius 2 is 1.02 bits per heavy atom. The van der Waals surface area contributed by atoms with Crippen LogP contribution in [-0.4, -0.2) is 137 Å². The van der Waals surface area contributed by atoms with Gasteiger partial charge in [0.2, 0.25) is 5.52 Å². The number of nitrogens with zero attached hydrogens (tertiary/aromatic N) is 6. The minimum absolute atomic E-state index is 0.0394. The molecule has 20 rings (SSSR count). The van der Waals surface area contributed by atoms with Crippen LogP contribution in [0.1, 0.15) is 286 Å². The molecule has 0 amide bonds. The van der Waals surface area contributed by atoms with Crippen molar-refractivity contribution in [2.45, 2.75) is 316 Å². The number of imidazole rings is 1. The SMILES string of the molecule is COC[C@@]1(O)CC[C@@]2(C)[C@@H](CC[C@@H]3[C@@H]2CC[C@]2(C)[C@@H](C(=O)COc4ccc5ccc[n+]([O-])c5c4)CC[C@@H]32)C1.COC[C@@]1(O)CC[C@@]2(C)[C@@H](CC[C@@H]3[C@@H]2CC[C@]2(C)[C@@H](C(=O)Cn4ccnc4)CC[C@@H]32)C1.C[C@@]1(O)CC[C@@H]2C3CC[C@]4(C)C(C(=O)Cn5cc(C#N)cn5)CCC4C3CC[C@@H]2C1.C[C@@]1(O)CC[C@H]2[C@@H](CC[C@@H]3[C@@H]2C(=O)C[C@]2(C)[C@@H](C(=O)CO)CC[C@@H]32)C1. The smallest absolute Gasteiger partial charge is 0.227 e. The number of nitriles is 1. The fourth-order valence-corrected chi connectivity index (χ4v) is 34.6. The number of ether oxygens (including phenoxy) is 3. The average Bonchev–Trinajstić information content (AvgIpc) is 1.40. The highest BCUT2D eigenvalue weighted by Crippen LogP contribution is 2.72. The number of benzene rings is 1. The van der Waals surface area contributed by atoms with Crippen molar-refractivity contribution in [1.82, 2.24) is 19.3 Å². The van der Waals surface area contributed by atoms with E-state index in [1.807, 2.05) is 42.8 Å². The fraction of sp³-hybridized carbons (Fsp3) is 0.798. The first-order valence-corrected chi connectivity index (χ1v) is 49.3. The van der Waals surface area contributed by atoms with Crippen molar-refractivity contribution in [2.75, 3.05) is 40.6 Å². The molecule has 20 heteroatoms.